The van der Waals surface area contributed by atoms with Gasteiger partial charge in [0.05, 0.1) is 11.1 Å². The molecule has 78 valence electrons. The molecular weight excluding hydrogens is 200 g/mol. The van der Waals surface area contributed by atoms with Gasteiger partial charge in [-0.2, -0.15) is 4.37 Å². The molecule has 0 fully saturated rings. The van der Waals surface area contributed by atoms with Crippen LogP contribution < -0.4 is 10.1 Å². The number of nitrogens with zero attached hydrogens (tertiary/aromatic N) is 1. The average molecular weight is 214 g/mol. The average Bonchev–Trinajstić information content (AvgIpc) is 2.32. The summed E-state index contributed by atoms with van der Waals surface area (Å²) in [6, 6.07) is 0. The first-order valence-electron chi connectivity index (χ1n) is 4.29. The second-order valence-electron chi connectivity index (χ2n) is 4.03. The van der Waals surface area contributed by atoms with Crippen molar-refractivity contribution >= 4 is 17.6 Å². The number of amides is 1. The Morgan fingerprint density at radius 1 is 1.57 bits per heavy atom. The highest BCUT2D eigenvalue weighted by Gasteiger charge is 2.16. The van der Waals surface area contributed by atoms with E-state index in [2.05, 4.69) is 9.69 Å². The molecule has 0 atom stereocenters. The van der Waals surface area contributed by atoms with E-state index in [1.54, 1.807) is 12.3 Å². The first-order chi connectivity index (χ1) is 6.38. The zero-order chi connectivity index (χ0) is 10.8. The molecule has 0 aromatic carbocycles. The van der Waals surface area contributed by atoms with E-state index in [4.69, 9.17) is 4.74 Å². The van der Waals surface area contributed by atoms with Crippen LogP contribution >= 0.6 is 11.5 Å². The Bertz CT molecular complexity index is 328. The maximum Gasteiger partial charge on any atom is 0.413 e. The molecule has 0 aliphatic carbocycles. The first-order valence-corrected chi connectivity index (χ1v) is 5.13. The molecule has 0 aliphatic rings. The van der Waals surface area contributed by atoms with Crippen molar-refractivity contribution in [2.75, 3.05) is 0 Å². The van der Waals surface area contributed by atoms with Gasteiger partial charge in [0.1, 0.15) is 0 Å². The van der Waals surface area contributed by atoms with Crippen molar-refractivity contribution < 1.29 is 9.53 Å². The van der Waals surface area contributed by atoms with Crippen molar-refractivity contribution in [3.8, 4) is 5.75 Å². The van der Waals surface area contributed by atoms with Crippen molar-refractivity contribution in [3.05, 3.63) is 11.1 Å². The number of rotatable bonds is 1. The number of hydrogen-bond acceptors (Lipinski definition) is 4. The third kappa shape index (κ3) is 3.33. The molecule has 5 heteroatoms. The summed E-state index contributed by atoms with van der Waals surface area (Å²) >= 11 is 1.27. The number of nitrogens with one attached hydrogen (secondary N) is 1. The lowest BCUT2D eigenvalue weighted by atomic mass is 10.1. The largest absolute Gasteiger partial charge is 0.413 e. The second kappa shape index (κ2) is 3.96. The molecule has 1 amide bonds. The molecule has 1 aromatic heterocycles. The van der Waals surface area contributed by atoms with Crippen LogP contribution in [0.2, 0.25) is 0 Å². The van der Waals surface area contributed by atoms with Crippen LogP contribution in [0.4, 0.5) is 4.79 Å². The fourth-order valence-corrected chi connectivity index (χ4v) is 1.43. The van der Waals surface area contributed by atoms with Crippen LogP contribution in [-0.2, 0) is 0 Å². The summed E-state index contributed by atoms with van der Waals surface area (Å²) in [6.07, 6.45) is -0.444. The summed E-state index contributed by atoms with van der Waals surface area (Å²) in [5.41, 5.74) is 0.452. The first kappa shape index (κ1) is 11.0. The highest BCUT2D eigenvalue weighted by molar-refractivity contribution is 7.03. The van der Waals surface area contributed by atoms with Gasteiger partial charge in [0.25, 0.3) is 0 Å². The van der Waals surface area contributed by atoms with Crippen molar-refractivity contribution in [1.82, 2.24) is 9.69 Å². The fraction of sp³-hybridized carbons (Fsp3) is 0.556. The standard InChI is InChI=1S/C9H14N2O2S/c1-6-7(5-14-11-6)13-8(12)10-9(2,3)4/h5H,1-4H3,(H,10,12). The molecule has 0 bridgehead atoms. The lowest BCUT2D eigenvalue weighted by molar-refractivity contribution is 0.190. The SMILES string of the molecule is Cc1nscc1OC(=O)NC(C)(C)C. The molecule has 0 radical (unpaired) electrons. The van der Waals surface area contributed by atoms with Crippen molar-refractivity contribution in [1.29, 1.82) is 0 Å². The lowest BCUT2D eigenvalue weighted by Gasteiger charge is -2.19. The monoisotopic (exact) mass is 214 g/mol. The molecule has 0 aliphatic heterocycles. The van der Waals surface area contributed by atoms with Gasteiger partial charge in [-0.05, 0) is 39.2 Å². The van der Waals surface area contributed by atoms with E-state index in [1.165, 1.54) is 11.5 Å². The predicted molar refractivity (Wildman–Crippen MR) is 55.8 cm³/mol. The molecule has 1 heterocycles. The van der Waals surface area contributed by atoms with Gasteiger partial charge in [-0.25, -0.2) is 4.79 Å². The summed E-state index contributed by atoms with van der Waals surface area (Å²) in [5, 5.41) is 4.41. The molecule has 0 spiro atoms. The number of carbonyl (C=O) groups is 1. The lowest BCUT2D eigenvalue weighted by Crippen LogP contribution is -2.42. The Balaban J connectivity index is 2.54. The molecule has 0 unspecified atom stereocenters. The van der Waals surface area contributed by atoms with E-state index in [0.29, 0.717) is 5.75 Å². The Morgan fingerprint density at radius 2 is 2.21 bits per heavy atom. The van der Waals surface area contributed by atoms with Crippen LogP contribution in [0.1, 0.15) is 26.5 Å². The smallest absolute Gasteiger partial charge is 0.407 e. The molecule has 0 saturated heterocycles. The molecule has 1 aromatic rings. The van der Waals surface area contributed by atoms with Gasteiger partial charge in [0.15, 0.2) is 5.75 Å². The quantitative estimate of drug-likeness (QED) is 0.780. The molecule has 1 rings (SSSR count). The second-order valence-corrected chi connectivity index (χ2v) is 4.66. The normalized spacial score (nSPS) is 11.1. The van der Waals surface area contributed by atoms with E-state index < -0.39 is 6.09 Å². The summed E-state index contributed by atoms with van der Waals surface area (Å²) in [4.78, 5) is 11.3. The van der Waals surface area contributed by atoms with E-state index >= 15 is 0 Å². The van der Waals surface area contributed by atoms with Gasteiger partial charge >= 0.3 is 6.09 Å². The third-order valence-corrected chi connectivity index (χ3v) is 2.08. The zero-order valence-corrected chi connectivity index (χ0v) is 9.57. The predicted octanol–water partition coefficient (Wildman–Crippen LogP) is 2.34. The molecule has 4 nitrogen and oxygen atoms in total. The highest BCUT2D eigenvalue weighted by atomic mass is 32.1. The minimum absolute atomic E-state index is 0.283. The fourth-order valence-electron chi connectivity index (χ4n) is 0.813. The van der Waals surface area contributed by atoms with E-state index in [-0.39, 0.29) is 5.54 Å². The Kier molecular flexibility index (Phi) is 3.10. The summed E-state index contributed by atoms with van der Waals surface area (Å²) in [6.45, 7) is 7.49. The van der Waals surface area contributed by atoms with Crippen LogP contribution in [-0.4, -0.2) is 16.0 Å². The van der Waals surface area contributed by atoms with Crippen molar-refractivity contribution in [2.24, 2.45) is 0 Å². The summed E-state index contributed by atoms with van der Waals surface area (Å²) in [7, 11) is 0. The minimum Gasteiger partial charge on any atom is -0.407 e. The van der Waals surface area contributed by atoms with Crippen LogP contribution in [0.25, 0.3) is 0 Å². The van der Waals surface area contributed by atoms with Gasteiger partial charge in [-0.3, -0.25) is 0 Å². The number of aromatic nitrogens is 1. The Hall–Kier alpha value is -1.10. The van der Waals surface area contributed by atoms with Gasteiger partial charge in [-0.1, -0.05) is 0 Å². The topological polar surface area (TPSA) is 51.2 Å². The third-order valence-electron chi connectivity index (χ3n) is 1.39. The van der Waals surface area contributed by atoms with E-state index in [1.807, 2.05) is 20.8 Å². The maximum atomic E-state index is 11.3. The number of aryl methyl sites for hydroxylation is 1. The van der Waals surface area contributed by atoms with Crippen LogP contribution in [0.5, 0.6) is 5.75 Å². The van der Waals surface area contributed by atoms with E-state index in [9.17, 15) is 4.79 Å². The number of ether oxygens (including phenoxy) is 1. The van der Waals surface area contributed by atoms with Crippen LogP contribution in [0.15, 0.2) is 5.38 Å². The number of hydrogen-bond donors (Lipinski definition) is 1. The van der Waals surface area contributed by atoms with Crippen LogP contribution in [0.3, 0.4) is 0 Å². The maximum absolute atomic E-state index is 11.3. The van der Waals surface area contributed by atoms with Gasteiger partial charge in [0, 0.05) is 5.54 Å². The minimum atomic E-state index is -0.444. The molecule has 0 saturated carbocycles. The number of carbonyl (C=O) groups excluding carboxylic acids is 1. The van der Waals surface area contributed by atoms with Crippen molar-refractivity contribution in [3.63, 3.8) is 0 Å². The van der Waals surface area contributed by atoms with Crippen LogP contribution in [0, 0.1) is 6.92 Å². The highest BCUT2D eigenvalue weighted by Crippen LogP contribution is 2.18. The van der Waals surface area contributed by atoms with Crippen molar-refractivity contribution in [2.45, 2.75) is 33.2 Å². The zero-order valence-electron chi connectivity index (χ0n) is 8.75. The Labute approximate surface area is 87.4 Å². The molecule has 14 heavy (non-hydrogen) atoms. The van der Waals surface area contributed by atoms with Gasteiger partial charge in [-0.15, -0.1) is 0 Å². The van der Waals surface area contributed by atoms with Gasteiger partial charge < -0.3 is 10.1 Å². The van der Waals surface area contributed by atoms with Gasteiger partial charge in [0.2, 0.25) is 0 Å². The Morgan fingerprint density at radius 3 is 2.64 bits per heavy atom. The van der Waals surface area contributed by atoms with E-state index in [0.717, 1.165) is 5.69 Å². The summed E-state index contributed by atoms with van der Waals surface area (Å²) in [5.74, 6) is 0.525. The summed E-state index contributed by atoms with van der Waals surface area (Å²) < 4.78 is 9.06. The molecular formula is C9H14N2O2S. The molecule has 1 N–H and O–H groups in total.